The van der Waals surface area contributed by atoms with Crippen molar-refractivity contribution < 1.29 is 20.1 Å². The molecule has 0 aliphatic rings. The molecule has 0 aromatic heterocycles. The molecule has 0 bridgehead atoms. The molecule has 0 aliphatic heterocycles. The molecule has 0 amide bonds. The molecule has 0 fully saturated rings. The normalized spacial score (nSPS) is 14.1. The van der Waals surface area contributed by atoms with Crippen molar-refractivity contribution >= 4 is 10.1 Å². The summed E-state index contributed by atoms with van der Waals surface area (Å²) in [5.41, 5.74) is 1.56. The number of hydrogen-bond acceptors (Lipinski definition) is 4. The van der Waals surface area contributed by atoms with E-state index in [1.54, 1.807) is 13.0 Å². The Morgan fingerprint density at radius 3 is 2.55 bits per heavy atom. The average molecular weight is 322 g/mol. The molecule has 2 rings (SSSR count). The van der Waals surface area contributed by atoms with Gasteiger partial charge in [0.05, 0.1) is 15.6 Å². The molecule has 5 heteroatoms. The van der Waals surface area contributed by atoms with Gasteiger partial charge in [-0.2, -0.15) is 8.42 Å². The number of rotatable bonds is 7. The second kappa shape index (κ2) is 7.42. The van der Waals surface area contributed by atoms with Crippen LogP contribution in [0.1, 0.15) is 26.4 Å². The minimum Gasteiger partial charge on any atom is -0.485 e. The zero-order valence-electron chi connectivity index (χ0n) is 14.6. The molecule has 0 N–H and O–H groups in total. The molecule has 0 heterocycles. The van der Waals surface area contributed by atoms with Crippen LogP contribution in [-0.2, 0) is 14.3 Å². The third-order valence-electron chi connectivity index (χ3n) is 3.05. The Labute approximate surface area is 134 Å². The van der Waals surface area contributed by atoms with Crippen LogP contribution >= 0.6 is 0 Å². The first-order valence-corrected chi connectivity index (χ1v) is 8.72. The van der Waals surface area contributed by atoms with Gasteiger partial charge in [0, 0.05) is 6.42 Å². The average Bonchev–Trinajstić information content (AvgIpc) is 2.48. The summed E-state index contributed by atoms with van der Waals surface area (Å²) in [5, 5.41) is 0. The molecule has 22 heavy (non-hydrogen) atoms. The minimum absolute atomic E-state index is 0.0126. The highest BCUT2D eigenvalue weighted by Crippen LogP contribution is 2.27. The largest absolute Gasteiger partial charge is 0.485 e. The topological polar surface area (TPSA) is 52.6 Å². The van der Waals surface area contributed by atoms with E-state index in [1.165, 1.54) is 6.07 Å². The van der Waals surface area contributed by atoms with E-state index < -0.39 is 16.2 Å². The molecule has 0 unspecified atom stereocenters. The summed E-state index contributed by atoms with van der Waals surface area (Å²) < 4.78 is 48.7. The Balaban J connectivity index is 2.23. The van der Waals surface area contributed by atoms with Crippen molar-refractivity contribution in [1.82, 2.24) is 0 Å². The predicted molar refractivity (Wildman–Crippen MR) is 86.4 cm³/mol. The molecule has 2 aromatic rings. The molecule has 118 valence electrons. The molecule has 0 radical (unpaired) electrons. The van der Waals surface area contributed by atoms with Crippen LogP contribution in [0.15, 0.2) is 54.5 Å². The summed E-state index contributed by atoms with van der Waals surface area (Å²) in [6, 6.07) is 12.8. The molecule has 0 saturated heterocycles. The first-order valence-electron chi connectivity index (χ1n) is 7.90. The van der Waals surface area contributed by atoms with Gasteiger partial charge in [-0.25, -0.2) is 0 Å². The van der Waals surface area contributed by atoms with Gasteiger partial charge in [0.25, 0.3) is 10.1 Å². The van der Waals surface area contributed by atoms with E-state index in [1.807, 2.05) is 30.3 Å². The molecule has 2 aromatic carbocycles. The van der Waals surface area contributed by atoms with Crippen molar-refractivity contribution in [2.24, 2.45) is 0 Å². The Hall–Kier alpha value is -1.85. The fourth-order valence-corrected chi connectivity index (χ4v) is 2.39. The summed E-state index contributed by atoms with van der Waals surface area (Å²) in [6.07, 6.45) is 0.871. The van der Waals surface area contributed by atoms with Gasteiger partial charge in [-0.15, -0.1) is 0 Å². The molecular formula is C17H20O4S. The van der Waals surface area contributed by atoms with E-state index in [0.717, 1.165) is 11.8 Å². The lowest BCUT2D eigenvalue weighted by Gasteiger charge is -2.20. The van der Waals surface area contributed by atoms with Crippen LogP contribution in [0.25, 0.3) is 0 Å². The van der Waals surface area contributed by atoms with Crippen molar-refractivity contribution in [3.05, 3.63) is 65.7 Å². The third kappa shape index (κ3) is 5.16. The molecule has 0 spiro atoms. The number of para-hydroxylation sites is 1. The Kier molecular flexibility index (Phi) is 4.65. The van der Waals surface area contributed by atoms with Gasteiger partial charge in [-0.1, -0.05) is 48.5 Å². The summed E-state index contributed by atoms with van der Waals surface area (Å²) in [7, 11) is -3.51. The van der Waals surface area contributed by atoms with Crippen molar-refractivity contribution in [2.45, 2.75) is 19.4 Å². The zero-order valence-corrected chi connectivity index (χ0v) is 13.4. The van der Waals surface area contributed by atoms with Crippen LogP contribution in [0.4, 0.5) is 0 Å². The van der Waals surface area contributed by atoms with Crippen LogP contribution < -0.4 is 4.74 Å². The van der Waals surface area contributed by atoms with Crippen LogP contribution in [0, 0.1) is 6.92 Å². The lowest BCUT2D eigenvalue weighted by molar-refractivity contribution is 0.165. The van der Waals surface area contributed by atoms with Crippen LogP contribution in [-0.4, -0.2) is 21.3 Å². The predicted octanol–water partition coefficient (Wildman–Crippen LogP) is 3.48. The lowest BCUT2D eigenvalue weighted by Crippen LogP contribution is -2.13. The van der Waals surface area contributed by atoms with E-state index in [9.17, 15) is 8.42 Å². The fourth-order valence-electron chi connectivity index (χ4n) is 1.99. The highest BCUT2D eigenvalue weighted by molar-refractivity contribution is 7.85. The standard InChI is InChI=1S/C17H20O4S/c1-14-8-6-7-11-16(14)21-17(12-13-20-22(2,18)19)15-9-4-3-5-10-15/h3-11,17H,12-13H2,1-2H3/t17-/m1/s1/i6D,11D. The van der Waals surface area contributed by atoms with Crippen molar-refractivity contribution in [3.8, 4) is 5.75 Å². The second-order valence-electron chi connectivity index (χ2n) is 4.94. The SMILES string of the molecule is [2H]c1cc([2H])c(O[C@H](CCOS(C)(=O)=O)c2ccccc2)c(C)c1. The fraction of sp³-hybridized carbons (Fsp3) is 0.294. The molecule has 4 nitrogen and oxygen atoms in total. The van der Waals surface area contributed by atoms with Crippen LogP contribution in [0.2, 0.25) is 0 Å². The number of aryl methyl sites for hydroxylation is 1. The van der Waals surface area contributed by atoms with Crippen molar-refractivity contribution in [1.29, 1.82) is 0 Å². The van der Waals surface area contributed by atoms with Gasteiger partial charge in [0.1, 0.15) is 11.9 Å². The summed E-state index contributed by atoms with van der Waals surface area (Å²) >= 11 is 0. The zero-order chi connectivity index (χ0) is 17.7. The third-order valence-corrected chi connectivity index (χ3v) is 3.65. The highest BCUT2D eigenvalue weighted by atomic mass is 32.2. The minimum atomic E-state index is -3.51. The first kappa shape index (κ1) is 13.8. The van der Waals surface area contributed by atoms with Gasteiger partial charge >= 0.3 is 0 Å². The number of ether oxygens (including phenoxy) is 1. The number of benzene rings is 2. The van der Waals surface area contributed by atoms with Gasteiger partial charge in [-0.3, -0.25) is 4.18 Å². The quantitative estimate of drug-likeness (QED) is 0.732. The van der Waals surface area contributed by atoms with Gasteiger partial charge in [0.15, 0.2) is 0 Å². The van der Waals surface area contributed by atoms with E-state index in [0.29, 0.717) is 17.7 Å². The summed E-state index contributed by atoms with van der Waals surface area (Å²) in [6.45, 7) is 1.77. The maximum absolute atomic E-state index is 11.1. The van der Waals surface area contributed by atoms with Gasteiger partial charge < -0.3 is 4.74 Å². The van der Waals surface area contributed by atoms with Gasteiger partial charge in [-0.05, 0) is 24.1 Å². The van der Waals surface area contributed by atoms with E-state index in [4.69, 9.17) is 11.7 Å². The van der Waals surface area contributed by atoms with Crippen molar-refractivity contribution in [3.63, 3.8) is 0 Å². The first-order chi connectivity index (χ1) is 11.3. The monoisotopic (exact) mass is 322 g/mol. The van der Waals surface area contributed by atoms with E-state index in [2.05, 4.69) is 0 Å². The Bertz CT molecular complexity index is 768. The smallest absolute Gasteiger partial charge is 0.264 e. The maximum atomic E-state index is 11.1. The summed E-state index contributed by atoms with van der Waals surface area (Å²) in [5.74, 6) is 0.388. The second-order valence-corrected chi connectivity index (χ2v) is 6.59. The van der Waals surface area contributed by atoms with Crippen molar-refractivity contribution in [2.75, 3.05) is 12.9 Å². The molecular weight excluding hydrogens is 300 g/mol. The molecule has 1 atom stereocenters. The van der Waals surface area contributed by atoms with Crippen LogP contribution in [0.3, 0.4) is 0 Å². The Morgan fingerprint density at radius 2 is 1.91 bits per heavy atom. The van der Waals surface area contributed by atoms with E-state index >= 15 is 0 Å². The molecule has 0 aliphatic carbocycles. The van der Waals surface area contributed by atoms with E-state index in [-0.39, 0.29) is 18.7 Å². The molecule has 0 saturated carbocycles. The summed E-state index contributed by atoms with van der Waals surface area (Å²) in [4.78, 5) is 0. The maximum Gasteiger partial charge on any atom is 0.264 e. The lowest BCUT2D eigenvalue weighted by atomic mass is 10.1. The highest BCUT2D eigenvalue weighted by Gasteiger charge is 2.15. The van der Waals surface area contributed by atoms with Gasteiger partial charge in [0.2, 0.25) is 0 Å². The Morgan fingerprint density at radius 1 is 1.18 bits per heavy atom. The number of hydrogen-bond donors (Lipinski definition) is 0. The van der Waals surface area contributed by atoms with Crippen LogP contribution in [0.5, 0.6) is 5.75 Å².